The Balaban J connectivity index is 1.82. The molecule has 0 fully saturated rings. The standard InChI is InChI=1S/C14H14F3N5O2/c1-8-18-4-2-11(19-8)20-12(23)6-22-10-3-5-24-7-9(10)13(21-22)14(15,16)17/h2,4H,3,5-7H2,1H3,(H,18,19,20,23). The second kappa shape index (κ2) is 6.19. The lowest BCUT2D eigenvalue weighted by atomic mass is 10.1. The fraction of sp³-hybridized carbons (Fsp3) is 0.429. The summed E-state index contributed by atoms with van der Waals surface area (Å²) in [6, 6.07) is 1.50. The van der Waals surface area contributed by atoms with E-state index in [1.807, 2.05) is 0 Å². The molecule has 0 radical (unpaired) electrons. The highest BCUT2D eigenvalue weighted by Gasteiger charge is 2.40. The van der Waals surface area contributed by atoms with Gasteiger partial charge in [-0.2, -0.15) is 18.3 Å². The van der Waals surface area contributed by atoms with Crippen LogP contribution in [0.25, 0.3) is 0 Å². The molecule has 0 unspecified atom stereocenters. The molecule has 10 heteroatoms. The van der Waals surface area contributed by atoms with Crippen LogP contribution < -0.4 is 5.32 Å². The average Bonchev–Trinajstić information content (AvgIpc) is 2.86. The number of rotatable bonds is 3. The highest BCUT2D eigenvalue weighted by Crippen LogP contribution is 2.34. The lowest BCUT2D eigenvalue weighted by molar-refractivity contribution is -0.143. The normalized spacial score (nSPS) is 14.3. The zero-order valence-electron chi connectivity index (χ0n) is 12.7. The van der Waals surface area contributed by atoms with Crippen molar-refractivity contribution in [1.29, 1.82) is 0 Å². The summed E-state index contributed by atoms with van der Waals surface area (Å²) in [5.41, 5.74) is -0.620. The van der Waals surface area contributed by atoms with Crippen LogP contribution in [0.4, 0.5) is 19.0 Å². The van der Waals surface area contributed by atoms with Crippen molar-refractivity contribution >= 4 is 11.7 Å². The summed E-state index contributed by atoms with van der Waals surface area (Å²) in [5.74, 6) is 0.243. The molecule has 0 spiro atoms. The first-order valence-electron chi connectivity index (χ1n) is 7.17. The van der Waals surface area contributed by atoms with Gasteiger partial charge < -0.3 is 10.1 Å². The van der Waals surface area contributed by atoms with Crippen molar-refractivity contribution in [3.05, 3.63) is 35.0 Å². The predicted molar refractivity (Wildman–Crippen MR) is 76.0 cm³/mol. The number of aryl methyl sites for hydroxylation is 1. The number of anilines is 1. The zero-order valence-corrected chi connectivity index (χ0v) is 12.7. The quantitative estimate of drug-likeness (QED) is 0.919. The first-order valence-corrected chi connectivity index (χ1v) is 7.17. The molecule has 1 amide bonds. The molecule has 3 heterocycles. The number of aromatic nitrogens is 4. The van der Waals surface area contributed by atoms with Crippen LogP contribution in [-0.4, -0.2) is 32.3 Å². The Kier molecular flexibility index (Phi) is 4.22. The van der Waals surface area contributed by atoms with Gasteiger partial charge in [-0.1, -0.05) is 0 Å². The predicted octanol–water partition coefficient (Wildman–Crippen LogP) is 1.71. The summed E-state index contributed by atoms with van der Waals surface area (Å²) in [4.78, 5) is 20.0. The zero-order chi connectivity index (χ0) is 17.3. The minimum atomic E-state index is -4.59. The van der Waals surface area contributed by atoms with Crippen LogP contribution in [0.5, 0.6) is 0 Å². The molecule has 0 atom stereocenters. The molecule has 2 aromatic rings. The van der Waals surface area contributed by atoms with E-state index >= 15 is 0 Å². The lowest BCUT2D eigenvalue weighted by Crippen LogP contribution is -2.23. The molecule has 3 rings (SSSR count). The van der Waals surface area contributed by atoms with Crippen LogP contribution in [0.15, 0.2) is 12.3 Å². The summed E-state index contributed by atoms with van der Waals surface area (Å²) in [6.07, 6.45) is -2.83. The summed E-state index contributed by atoms with van der Waals surface area (Å²) < 4.78 is 45.4. The number of carbonyl (C=O) groups is 1. The Morgan fingerprint density at radius 2 is 2.25 bits per heavy atom. The van der Waals surface area contributed by atoms with Crippen LogP contribution >= 0.6 is 0 Å². The number of carbonyl (C=O) groups excluding carboxylic acids is 1. The first-order chi connectivity index (χ1) is 11.3. The summed E-state index contributed by atoms with van der Waals surface area (Å²) in [6.45, 7) is 1.47. The number of hydrogen-bond donors (Lipinski definition) is 1. The maximum Gasteiger partial charge on any atom is 0.435 e. The van der Waals surface area contributed by atoms with Crippen molar-refractivity contribution in [3.63, 3.8) is 0 Å². The topological polar surface area (TPSA) is 81.9 Å². The van der Waals surface area contributed by atoms with E-state index in [0.717, 1.165) is 4.68 Å². The minimum Gasteiger partial charge on any atom is -0.376 e. The molecule has 24 heavy (non-hydrogen) atoms. The van der Waals surface area contributed by atoms with Gasteiger partial charge >= 0.3 is 6.18 Å². The van der Waals surface area contributed by atoms with Crippen LogP contribution in [0, 0.1) is 6.92 Å². The number of nitrogens with zero attached hydrogens (tertiary/aromatic N) is 4. The van der Waals surface area contributed by atoms with Gasteiger partial charge in [-0.05, 0) is 13.0 Å². The highest BCUT2D eigenvalue weighted by molar-refractivity contribution is 5.89. The molecular formula is C14H14F3N5O2. The molecule has 1 N–H and O–H groups in total. The third-order valence-electron chi connectivity index (χ3n) is 3.50. The van der Waals surface area contributed by atoms with Gasteiger partial charge in [0, 0.05) is 23.9 Å². The van der Waals surface area contributed by atoms with Crippen molar-refractivity contribution in [3.8, 4) is 0 Å². The van der Waals surface area contributed by atoms with Gasteiger partial charge in [0.15, 0.2) is 5.69 Å². The fourth-order valence-corrected chi connectivity index (χ4v) is 2.51. The Morgan fingerprint density at radius 3 is 2.96 bits per heavy atom. The number of fused-ring (bicyclic) bond motifs is 1. The van der Waals surface area contributed by atoms with Gasteiger partial charge in [0.2, 0.25) is 5.91 Å². The smallest absolute Gasteiger partial charge is 0.376 e. The molecule has 1 aliphatic heterocycles. The van der Waals surface area contributed by atoms with E-state index in [4.69, 9.17) is 4.74 Å². The maximum absolute atomic E-state index is 13.1. The Labute approximate surface area is 134 Å². The van der Waals surface area contributed by atoms with Crippen molar-refractivity contribution in [2.75, 3.05) is 11.9 Å². The molecular weight excluding hydrogens is 327 g/mol. The number of halogens is 3. The largest absolute Gasteiger partial charge is 0.435 e. The SMILES string of the molecule is Cc1nccc(NC(=O)Cn2nc(C(F)(F)F)c3c2CCOC3)n1. The molecule has 0 aliphatic carbocycles. The van der Waals surface area contributed by atoms with E-state index < -0.39 is 17.8 Å². The first kappa shape index (κ1) is 16.4. The van der Waals surface area contributed by atoms with E-state index in [2.05, 4.69) is 20.4 Å². The van der Waals surface area contributed by atoms with Crippen molar-refractivity contribution in [2.24, 2.45) is 0 Å². The van der Waals surface area contributed by atoms with Crippen LogP contribution in [0.3, 0.4) is 0 Å². The van der Waals surface area contributed by atoms with Gasteiger partial charge in [-0.3, -0.25) is 9.48 Å². The number of amides is 1. The lowest BCUT2D eigenvalue weighted by Gasteiger charge is -2.15. The summed E-state index contributed by atoms with van der Waals surface area (Å²) in [5, 5.41) is 6.10. The fourth-order valence-electron chi connectivity index (χ4n) is 2.51. The second-order valence-electron chi connectivity index (χ2n) is 5.27. The Morgan fingerprint density at radius 1 is 1.46 bits per heavy atom. The molecule has 0 saturated carbocycles. The molecule has 0 bridgehead atoms. The van der Waals surface area contributed by atoms with Crippen LogP contribution in [-0.2, 0) is 35.3 Å². The number of hydrogen-bond acceptors (Lipinski definition) is 5. The molecule has 7 nitrogen and oxygen atoms in total. The number of ether oxygens (including phenoxy) is 1. The van der Waals surface area contributed by atoms with Crippen molar-refractivity contribution in [2.45, 2.75) is 32.7 Å². The van der Waals surface area contributed by atoms with Crippen molar-refractivity contribution < 1.29 is 22.7 Å². The molecule has 128 valence electrons. The molecule has 2 aromatic heterocycles. The van der Waals surface area contributed by atoms with Gasteiger partial charge in [0.25, 0.3) is 0 Å². The van der Waals surface area contributed by atoms with E-state index in [0.29, 0.717) is 18.1 Å². The Hall–Kier alpha value is -2.49. The monoisotopic (exact) mass is 341 g/mol. The molecule has 1 aliphatic rings. The van der Waals surface area contributed by atoms with Gasteiger partial charge in [-0.15, -0.1) is 0 Å². The minimum absolute atomic E-state index is 0.000527. The number of nitrogens with one attached hydrogen (secondary N) is 1. The van der Waals surface area contributed by atoms with Crippen LogP contribution in [0.2, 0.25) is 0 Å². The van der Waals surface area contributed by atoms with E-state index in [-0.39, 0.29) is 31.0 Å². The summed E-state index contributed by atoms with van der Waals surface area (Å²) in [7, 11) is 0. The van der Waals surface area contributed by atoms with Crippen molar-refractivity contribution in [1.82, 2.24) is 19.7 Å². The van der Waals surface area contributed by atoms with Gasteiger partial charge in [0.1, 0.15) is 18.2 Å². The third kappa shape index (κ3) is 3.37. The average molecular weight is 341 g/mol. The Bertz CT molecular complexity index is 772. The molecule has 0 saturated heterocycles. The second-order valence-corrected chi connectivity index (χ2v) is 5.27. The van der Waals surface area contributed by atoms with E-state index in [1.165, 1.54) is 12.3 Å². The third-order valence-corrected chi connectivity index (χ3v) is 3.50. The van der Waals surface area contributed by atoms with Crippen LogP contribution in [0.1, 0.15) is 22.8 Å². The van der Waals surface area contributed by atoms with Gasteiger partial charge in [0.05, 0.1) is 13.2 Å². The highest BCUT2D eigenvalue weighted by atomic mass is 19.4. The molecule has 0 aromatic carbocycles. The van der Waals surface area contributed by atoms with E-state index in [1.54, 1.807) is 6.92 Å². The maximum atomic E-state index is 13.1. The van der Waals surface area contributed by atoms with E-state index in [9.17, 15) is 18.0 Å². The van der Waals surface area contributed by atoms with Gasteiger partial charge in [-0.25, -0.2) is 9.97 Å². The summed E-state index contributed by atoms with van der Waals surface area (Å²) >= 11 is 0. The number of alkyl halides is 3.